The van der Waals surface area contributed by atoms with Gasteiger partial charge in [0.15, 0.2) is 11.5 Å². The van der Waals surface area contributed by atoms with E-state index in [1.54, 1.807) is 19.2 Å². The van der Waals surface area contributed by atoms with Gasteiger partial charge in [0, 0.05) is 29.5 Å². The smallest absolute Gasteiger partial charge is 0.394 e. The summed E-state index contributed by atoms with van der Waals surface area (Å²) in [6.45, 7) is 0.580. The average Bonchev–Trinajstić information content (AvgIpc) is 3.36. The normalized spacial score (nSPS) is 15.8. The lowest BCUT2D eigenvalue weighted by atomic mass is 10.1. The number of rotatable bonds is 5. The zero-order valence-corrected chi connectivity index (χ0v) is 17.3. The molecule has 2 aromatic carbocycles. The van der Waals surface area contributed by atoms with E-state index in [9.17, 15) is 9.59 Å². The van der Waals surface area contributed by atoms with Crippen molar-refractivity contribution in [2.75, 3.05) is 17.3 Å². The van der Waals surface area contributed by atoms with Crippen molar-refractivity contribution >= 4 is 40.5 Å². The van der Waals surface area contributed by atoms with Crippen molar-refractivity contribution in [3.05, 3.63) is 47.5 Å². The molecule has 1 amide bonds. The van der Waals surface area contributed by atoms with E-state index in [1.807, 2.05) is 29.2 Å². The Bertz CT molecular complexity index is 1020. The van der Waals surface area contributed by atoms with Gasteiger partial charge in [0.05, 0.1) is 13.2 Å². The molecule has 156 valence electrons. The highest BCUT2D eigenvalue weighted by molar-refractivity contribution is 7.81. The fourth-order valence-electron chi connectivity index (χ4n) is 3.88. The molecule has 0 saturated heterocycles. The lowest BCUT2D eigenvalue weighted by Crippen LogP contribution is -2.23. The third kappa shape index (κ3) is 3.95. The van der Waals surface area contributed by atoms with Gasteiger partial charge in [-0.2, -0.15) is 0 Å². The van der Waals surface area contributed by atoms with Gasteiger partial charge in [0.2, 0.25) is 0 Å². The molecule has 2 aromatic rings. The summed E-state index contributed by atoms with van der Waals surface area (Å²) in [6, 6.07) is 11.0. The Morgan fingerprint density at radius 2 is 1.90 bits per heavy atom. The molecule has 30 heavy (non-hydrogen) atoms. The Balaban J connectivity index is 1.57. The Hall–Kier alpha value is -3.13. The molecule has 0 unspecified atom stereocenters. The maximum atomic E-state index is 11.4. The number of anilines is 2. The van der Waals surface area contributed by atoms with Crippen molar-refractivity contribution in [1.29, 1.82) is 0 Å². The molecule has 1 heterocycles. The molecule has 1 saturated carbocycles. The number of nitrogens with zero attached hydrogens (tertiary/aromatic N) is 1. The maximum absolute atomic E-state index is 11.4. The summed E-state index contributed by atoms with van der Waals surface area (Å²) in [5, 5.41) is 11.1. The van der Waals surface area contributed by atoms with Gasteiger partial charge in [-0.05, 0) is 55.5 Å². The SMILES string of the molecule is COc1ccc(N2Cc3ccc(NC(=O)C(=O)O)cc3C2=S)cc1OC1CCCC1. The van der Waals surface area contributed by atoms with Crippen molar-refractivity contribution in [1.82, 2.24) is 0 Å². The predicted octanol–water partition coefficient (Wildman–Crippen LogP) is 3.74. The number of nitrogens with one attached hydrogen (secondary N) is 1. The van der Waals surface area contributed by atoms with Gasteiger partial charge in [0.25, 0.3) is 0 Å². The lowest BCUT2D eigenvalue weighted by Gasteiger charge is -2.22. The van der Waals surface area contributed by atoms with E-state index in [4.69, 9.17) is 26.8 Å². The summed E-state index contributed by atoms with van der Waals surface area (Å²) in [5.41, 5.74) is 3.08. The van der Waals surface area contributed by atoms with Crippen molar-refractivity contribution < 1.29 is 24.2 Å². The molecule has 0 radical (unpaired) electrons. The molecule has 0 atom stereocenters. The van der Waals surface area contributed by atoms with Crippen molar-refractivity contribution in [3.63, 3.8) is 0 Å². The van der Waals surface area contributed by atoms with Crippen LogP contribution >= 0.6 is 12.2 Å². The van der Waals surface area contributed by atoms with Crippen molar-refractivity contribution in [3.8, 4) is 11.5 Å². The first-order valence-corrected chi connectivity index (χ1v) is 10.2. The minimum Gasteiger partial charge on any atom is -0.493 e. The molecule has 0 bridgehead atoms. The summed E-state index contributed by atoms with van der Waals surface area (Å²) in [7, 11) is 1.62. The summed E-state index contributed by atoms with van der Waals surface area (Å²) in [5.74, 6) is -1.23. The number of hydrogen-bond donors (Lipinski definition) is 2. The highest BCUT2D eigenvalue weighted by atomic mass is 32.1. The number of ether oxygens (including phenoxy) is 2. The standard InChI is InChI=1S/C22H22N2O5S/c1-28-18-9-8-15(11-19(18)29-16-4-2-3-5-16)24-12-13-6-7-14(10-17(13)21(24)30)23-20(25)22(26)27/h6-11,16H,2-5,12H2,1H3,(H,23,25)(H,26,27). The number of amides is 1. The molecule has 8 heteroatoms. The first kappa shape index (κ1) is 20.2. The van der Waals surface area contributed by atoms with Crippen molar-refractivity contribution in [2.45, 2.75) is 38.3 Å². The van der Waals surface area contributed by atoms with Crippen LogP contribution in [0.15, 0.2) is 36.4 Å². The average molecular weight is 426 g/mol. The van der Waals surface area contributed by atoms with E-state index in [-0.39, 0.29) is 6.10 Å². The Morgan fingerprint density at radius 1 is 1.13 bits per heavy atom. The lowest BCUT2D eigenvalue weighted by molar-refractivity contribution is -0.147. The van der Waals surface area contributed by atoms with E-state index in [0.29, 0.717) is 28.7 Å². The minimum atomic E-state index is -1.53. The van der Waals surface area contributed by atoms with Gasteiger partial charge in [-0.15, -0.1) is 0 Å². The summed E-state index contributed by atoms with van der Waals surface area (Å²) < 4.78 is 11.7. The first-order chi connectivity index (χ1) is 14.5. The summed E-state index contributed by atoms with van der Waals surface area (Å²) in [6.07, 6.45) is 4.66. The number of benzene rings is 2. The number of carboxylic acids is 1. The number of aliphatic carboxylic acids is 1. The molecular weight excluding hydrogens is 404 g/mol. The Morgan fingerprint density at radius 3 is 2.60 bits per heavy atom. The Labute approximate surface area is 179 Å². The molecule has 2 N–H and O–H groups in total. The number of thiocarbonyl (C=S) groups is 1. The number of carbonyl (C=O) groups excluding carboxylic acids is 1. The van der Waals surface area contributed by atoms with Crippen LogP contribution in [0.4, 0.5) is 11.4 Å². The van der Waals surface area contributed by atoms with E-state index in [1.165, 1.54) is 12.8 Å². The fourth-order valence-corrected chi connectivity index (χ4v) is 4.24. The van der Waals surface area contributed by atoms with Crippen molar-refractivity contribution in [2.24, 2.45) is 0 Å². The maximum Gasteiger partial charge on any atom is 0.394 e. The van der Waals surface area contributed by atoms with Crippen LogP contribution in [0.2, 0.25) is 0 Å². The summed E-state index contributed by atoms with van der Waals surface area (Å²) in [4.78, 5) is 24.8. The van der Waals surface area contributed by atoms with E-state index >= 15 is 0 Å². The van der Waals surface area contributed by atoms with Crippen LogP contribution in [-0.4, -0.2) is 35.2 Å². The second-order valence-corrected chi connectivity index (χ2v) is 7.77. The minimum absolute atomic E-state index is 0.206. The van der Waals surface area contributed by atoms with Crippen LogP contribution in [0.1, 0.15) is 36.8 Å². The van der Waals surface area contributed by atoms with Gasteiger partial charge < -0.3 is 24.8 Å². The largest absolute Gasteiger partial charge is 0.493 e. The Kier molecular flexibility index (Phi) is 5.59. The molecule has 0 spiro atoms. The zero-order chi connectivity index (χ0) is 21.3. The third-order valence-electron chi connectivity index (χ3n) is 5.42. The number of carbonyl (C=O) groups is 2. The van der Waals surface area contributed by atoms with Gasteiger partial charge >= 0.3 is 11.9 Å². The molecule has 7 nitrogen and oxygen atoms in total. The number of fused-ring (bicyclic) bond motifs is 1. The van der Waals surface area contributed by atoms with E-state index in [0.717, 1.165) is 29.7 Å². The van der Waals surface area contributed by atoms with Crippen LogP contribution in [0.25, 0.3) is 0 Å². The highest BCUT2D eigenvalue weighted by Crippen LogP contribution is 2.38. The van der Waals surface area contributed by atoms with Crippen LogP contribution in [0.5, 0.6) is 11.5 Å². The molecule has 4 rings (SSSR count). The van der Waals surface area contributed by atoms with Crippen LogP contribution < -0.4 is 19.7 Å². The number of hydrogen-bond acceptors (Lipinski definition) is 5. The topological polar surface area (TPSA) is 88.1 Å². The first-order valence-electron chi connectivity index (χ1n) is 9.80. The second-order valence-electron chi connectivity index (χ2n) is 7.38. The molecule has 1 fully saturated rings. The van der Waals surface area contributed by atoms with E-state index < -0.39 is 11.9 Å². The van der Waals surface area contributed by atoms with Crippen LogP contribution in [-0.2, 0) is 16.1 Å². The van der Waals surface area contributed by atoms with Gasteiger partial charge in [-0.1, -0.05) is 18.3 Å². The quantitative estimate of drug-likeness (QED) is 0.556. The predicted molar refractivity (Wildman–Crippen MR) is 116 cm³/mol. The highest BCUT2D eigenvalue weighted by Gasteiger charge is 2.27. The fraction of sp³-hybridized carbons (Fsp3) is 0.318. The van der Waals surface area contributed by atoms with E-state index in [2.05, 4.69) is 5.32 Å². The van der Waals surface area contributed by atoms with Crippen LogP contribution in [0, 0.1) is 0 Å². The van der Waals surface area contributed by atoms with Gasteiger partial charge in [-0.25, -0.2) is 4.79 Å². The van der Waals surface area contributed by atoms with Crippen LogP contribution in [0.3, 0.4) is 0 Å². The third-order valence-corrected chi connectivity index (χ3v) is 5.86. The molecule has 1 aliphatic heterocycles. The number of methoxy groups -OCH3 is 1. The molecule has 1 aliphatic carbocycles. The molecular formula is C22H22N2O5S. The number of carboxylic acid groups (broad SMARTS) is 1. The monoisotopic (exact) mass is 426 g/mol. The zero-order valence-electron chi connectivity index (χ0n) is 16.5. The van der Waals surface area contributed by atoms with Gasteiger partial charge in [-0.3, -0.25) is 4.79 Å². The van der Waals surface area contributed by atoms with Gasteiger partial charge in [0.1, 0.15) is 4.99 Å². The molecule has 0 aromatic heterocycles. The second kappa shape index (κ2) is 8.31. The summed E-state index contributed by atoms with van der Waals surface area (Å²) >= 11 is 5.67. The molecule has 2 aliphatic rings.